The quantitative estimate of drug-likeness (QED) is 0.533. The molecule has 1 heterocycles. The zero-order valence-electron chi connectivity index (χ0n) is 15.7. The van der Waals surface area contributed by atoms with Crippen LogP contribution in [0, 0.1) is 13.8 Å². The molecule has 1 aromatic heterocycles. The molecule has 0 aliphatic carbocycles. The van der Waals surface area contributed by atoms with E-state index in [1.165, 1.54) is 24.5 Å². The highest BCUT2D eigenvalue weighted by atomic mass is 32.2. The van der Waals surface area contributed by atoms with Crippen molar-refractivity contribution in [1.82, 2.24) is 5.32 Å². The predicted molar refractivity (Wildman–Crippen MR) is 116 cm³/mol. The van der Waals surface area contributed by atoms with Gasteiger partial charge < -0.3 is 9.73 Å². The molecule has 3 aromatic rings. The van der Waals surface area contributed by atoms with Crippen molar-refractivity contribution in [2.75, 3.05) is 10.0 Å². The normalized spacial score (nSPS) is 11.0. The highest BCUT2D eigenvalue weighted by Gasteiger charge is 2.16. The third kappa shape index (κ3) is 5.21. The molecule has 7 nitrogen and oxygen atoms in total. The Balaban J connectivity index is 1.65. The number of hydrogen-bond acceptors (Lipinski definition) is 5. The van der Waals surface area contributed by atoms with E-state index >= 15 is 0 Å². The van der Waals surface area contributed by atoms with Gasteiger partial charge in [0.2, 0.25) is 0 Å². The van der Waals surface area contributed by atoms with Crippen molar-refractivity contribution in [3.63, 3.8) is 0 Å². The number of furan rings is 1. The number of benzene rings is 2. The van der Waals surface area contributed by atoms with Crippen molar-refractivity contribution in [3.05, 3.63) is 77.7 Å². The van der Waals surface area contributed by atoms with Gasteiger partial charge in [0.15, 0.2) is 10.9 Å². The summed E-state index contributed by atoms with van der Waals surface area (Å²) in [5.41, 5.74) is 2.94. The SMILES string of the molecule is Cc1ccc(NS(=O)(=O)c2ccc(NC(=S)NC(=O)c3ccco3)cc2)c(C)c1. The first-order valence-electron chi connectivity index (χ1n) is 8.60. The largest absolute Gasteiger partial charge is 0.459 e. The number of anilines is 2. The van der Waals surface area contributed by atoms with Crippen molar-refractivity contribution in [3.8, 4) is 0 Å². The van der Waals surface area contributed by atoms with Crippen molar-refractivity contribution in [2.45, 2.75) is 18.7 Å². The molecule has 0 atom stereocenters. The number of thiocarbonyl (C=S) groups is 1. The van der Waals surface area contributed by atoms with Gasteiger partial charge in [-0.05, 0) is 74.1 Å². The van der Waals surface area contributed by atoms with E-state index in [0.29, 0.717) is 11.4 Å². The van der Waals surface area contributed by atoms with Gasteiger partial charge in [0.05, 0.1) is 16.8 Å². The van der Waals surface area contributed by atoms with Gasteiger partial charge in [-0.15, -0.1) is 0 Å². The Hall–Kier alpha value is -3.17. The van der Waals surface area contributed by atoms with E-state index in [2.05, 4.69) is 15.4 Å². The molecule has 3 rings (SSSR count). The minimum Gasteiger partial charge on any atom is -0.459 e. The molecule has 0 aliphatic rings. The van der Waals surface area contributed by atoms with E-state index in [-0.39, 0.29) is 15.8 Å². The van der Waals surface area contributed by atoms with E-state index in [1.54, 1.807) is 24.3 Å². The Morgan fingerprint density at radius 1 is 1.03 bits per heavy atom. The Morgan fingerprint density at radius 3 is 2.38 bits per heavy atom. The van der Waals surface area contributed by atoms with Gasteiger partial charge >= 0.3 is 0 Å². The number of sulfonamides is 1. The molecular weight excluding hydrogens is 410 g/mol. The van der Waals surface area contributed by atoms with Crippen LogP contribution < -0.4 is 15.4 Å². The average Bonchev–Trinajstić information content (AvgIpc) is 3.19. The molecule has 0 fully saturated rings. The standard InChI is InChI=1S/C20H19N3O4S2/c1-13-5-10-17(14(2)12-13)23-29(25,26)16-8-6-15(7-9-16)21-20(28)22-19(24)18-4-3-11-27-18/h3-12,23H,1-2H3,(H2,21,22,24,28). The molecule has 150 valence electrons. The topological polar surface area (TPSA) is 100 Å². The highest BCUT2D eigenvalue weighted by molar-refractivity contribution is 7.92. The molecule has 9 heteroatoms. The van der Waals surface area contributed by atoms with Crippen LogP contribution in [0.5, 0.6) is 0 Å². The zero-order valence-corrected chi connectivity index (χ0v) is 17.4. The molecule has 29 heavy (non-hydrogen) atoms. The Morgan fingerprint density at radius 2 is 1.76 bits per heavy atom. The van der Waals surface area contributed by atoms with Crippen LogP contribution in [0.25, 0.3) is 0 Å². The molecule has 0 saturated heterocycles. The fraction of sp³-hybridized carbons (Fsp3) is 0.100. The minimum atomic E-state index is -3.74. The van der Waals surface area contributed by atoms with Gasteiger partial charge in [-0.3, -0.25) is 14.8 Å². The van der Waals surface area contributed by atoms with Gasteiger partial charge in [0.1, 0.15) is 0 Å². The lowest BCUT2D eigenvalue weighted by atomic mass is 10.1. The van der Waals surface area contributed by atoms with Gasteiger partial charge in [0, 0.05) is 5.69 Å². The van der Waals surface area contributed by atoms with Crippen LogP contribution >= 0.6 is 12.2 Å². The van der Waals surface area contributed by atoms with Gasteiger partial charge in [-0.25, -0.2) is 8.42 Å². The summed E-state index contributed by atoms with van der Waals surface area (Å²) in [6.07, 6.45) is 1.39. The predicted octanol–water partition coefficient (Wildman–Crippen LogP) is 3.82. The number of nitrogens with one attached hydrogen (secondary N) is 3. The molecule has 0 saturated carbocycles. The number of carbonyl (C=O) groups excluding carboxylic acids is 1. The molecule has 2 aromatic carbocycles. The van der Waals surface area contributed by atoms with Crippen molar-refractivity contribution in [2.24, 2.45) is 0 Å². The van der Waals surface area contributed by atoms with Crippen LogP contribution in [0.4, 0.5) is 11.4 Å². The number of amides is 1. The van der Waals surface area contributed by atoms with Crippen LogP contribution in [0.3, 0.4) is 0 Å². The summed E-state index contributed by atoms with van der Waals surface area (Å²) in [5, 5.41) is 5.36. The first-order valence-corrected chi connectivity index (χ1v) is 10.5. The second-order valence-electron chi connectivity index (χ2n) is 6.33. The summed E-state index contributed by atoms with van der Waals surface area (Å²) >= 11 is 5.09. The van der Waals surface area contributed by atoms with Crippen molar-refractivity contribution < 1.29 is 17.6 Å². The van der Waals surface area contributed by atoms with Crippen LogP contribution in [0.2, 0.25) is 0 Å². The molecule has 1 amide bonds. The Labute approximate surface area is 174 Å². The van der Waals surface area contributed by atoms with Gasteiger partial charge in [0.25, 0.3) is 15.9 Å². The van der Waals surface area contributed by atoms with Crippen molar-refractivity contribution in [1.29, 1.82) is 0 Å². The first kappa shape index (κ1) is 20.6. The van der Waals surface area contributed by atoms with Crippen LogP contribution in [0.1, 0.15) is 21.7 Å². The third-order valence-electron chi connectivity index (χ3n) is 4.02. The van der Waals surface area contributed by atoms with E-state index in [1.807, 2.05) is 26.0 Å². The molecule has 3 N–H and O–H groups in total. The molecule has 0 spiro atoms. The molecule has 0 bridgehead atoms. The number of hydrogen-bond donors (Lipinski definition) is 3. The highest BCUT2D eigenvalue weighted by Crippen LogP contribution is 2.21. The lowest BCUT2D eigenvalue weighted by molar-refractivity contribution is 0.0950. The molecule has 0 aliphatic heterocycles. The molecular formula is C20H19N3O4S2. The van der Waals surface area contributed by atoms with E-state index in [0.717, 1.165) is 11.1 Å². The van der Waals surface area contributed by atoms with Gasteiger partial charge in [-0.1, -0.05) is 17.7 Å². The van der Waals surface area contributed by atoms with Crippen LogP contribution in [0.15, 0.2) is 70.2 Å². The number of rotatable bonds is 5. The summed E-state index contributed by atoms with van der Waals surface area (Å²) in [6.45, 7) is 3.79. The summed E-state index contributed by atoms with van der Waals surface area (Å²) in [4.78, 5) is 12.0. The monoisotopic (exact) mass is 429 g/mol. The summed E-state index contributed by atoms with van der Waals surface area (Å²) in [5.74, 6) is -0.350. The maximum atomic E-state index is 12.6. The summed E-state index contributed by atoms with van der Waals surface area (Å²) in [7, 11) is -3.74. The zero-order chi connectivity index (χ0) is 21.0. The summed E-state index contributed by atoms with van der Waals surface area (Å²) in [6, 6.07) is 14.6. The molecule has 0 unspecified atom stereocenters. The fourth-order valence-corrected chi connectivity index (χ4v) is 3.93. The van der Waals surface area contributed by atoms with Crippen molar-refractivity contribution >= 4 is 44.6 Å². The smallest absolute Gasteiger partial charge is 0.293 e. The van der Waals surface area contributed by atoms with E-state index in [9.17, 15) is 13.2 Å². The Kier molecular flexibility index (Phi) is 6.00. The van der Waals surface area contributed by atoms with Gasteiger partial charge in [-0.2, -0.15) is 0 Å². The van der Waals surface area contributed by atoms with Crippen LogP contribution in [-0.2, 0) is 10.0 Å². The van der Waals surface area contributed by atoms with E-state index < -0.39 is 15.9 Å². The minimum absolute atomic E-state index is 0.0652. The lowest BCUT2D eigenvalue weighted by Crippen LogP contribution is -2.33. The third-order valence-corrected chi connectivity index (χ3v) is 5.61. The lowest BCUT2D eigenvalue weighted by Gasteiger charge is -2.12. The first-order chi connectivity index (χ1) is 13.7. The molecule has 0 radical (unpaired) electrons. The Bertz CT molecular complexity index is 1140. The summed E-state index contributed by atoms with van der Waals surface area (Å²) < 4.78 is 32.8. The van der Waals surface area contributed by atoms with Crippen LogP contribution in [-0.4, -0.2) is 19.4 Å². The van der Waals surface area contributed by atoms with E-state index in [4.69, 9.17) is 16.6 Å². The maximum Gasteiger partial charge on any atom is 0.293 e. The second-order valence-corrected chi connectivity index (χ2v) is 8.42. The maximum absolute atomic E-state index is 12.6. The second kappa shape index (κ2) is 8.46. The number of carbonyl (C=O) groups is 1. The average molecular weight is 430 g/mol. The fourth-order valence-electron chi connectivity index (χ4n) is 2.58. The number of aryl methyl sites for hydroxylation is 2.